The van der Waals surface area contributed by atoms with Crippen LogP contribution in [0.15, 0.2) is 84.9 Å². The number of hydrogen-bond donors (Lipinski definition) is 6. The molecule has 5 amide bonds. The molecule has 262 valence electrons. The molecule has 2 unspecified atom stereocenters. The van der Waals surface area contributed by atoms with Crippen LogP contribution in [-0.2, 0) is 35.2 Å². The second-order valence-electron chi connectivity index (χ2n) is 12.2. The van der Waals surface area contributed by atoms with Crippen molar-refractivity contribution in [1.82, 2.24) is 26.6 Å². The number of hydrogen-bond acceptors (Lipinski definition) is 8. The van der Waals surface area contributed by atoms with Crippen molar-refractivity contribution in [2.75, 3.05) is 13.1 Å². The van der Waals surface area contributed by atoms with Gasteiger partial charge in [-0.1, -0.05) is 74.5 Å². The van der Waals surface area contributed by atoms with Gasteiger partial charge >= 0.3 is 5.97 Å². The molecule has 0 spiro atoms. The van der Waals surface area contributed by atoms with Crippen molar-refractivity contribution in [1.29, 1.82) is 0 Å². The van der Waals surface area contributed by atoms with Gasteiger partial charge in [0.05, 0.1) is 13.1 Å². The molecule has 3 aromatic carbocycles. The molecule has 0 saturated carbocycles. The molecule has 1 aliphatic heterocycles. The summed E-state index contributed by atoms with van der Waals surface area (Å²) in [6, 6.07) is 18.0. The Morgan fingerprint density at radius 1 is 0.720 bits per heavy atom. The van der Waals surface area contributed by atoms with Crippen molar-refractivity contribution >= 4 is 41.6 Å². The molecule has 13 heteroatoms. The first kappa shape index (κ1) is 36.8. The number of phenolic OH excluding ortho intramolecular Hbond substituents is 1. The van der Waals surface area contributed by atoms with Gasteiger partial charge in [0.1, 0.15) is 29.6 Å². The number of carbonyl (C=O) groups excluding carboxylic acids is 6. The lowest BCUT2D eigenvalue weighted by molar-refractivity contribution is -0.140. The number of aromatic hydroxyl groups is 1. The summed E-state index contributed by atoms with van der Waals surface area (Å²) in [6.45, 7) is 2.77. The van der Waals surface area contributed by atoms with E-state index in [1.807, 2.05) is 13.8 Å². The van der Waals surface area contributed by atoms with Crippen LogP contribution in [0.25, 0.3) is 6.08 Å². The van der Waals surface area contributed by atoms with E-state index >= 15 is 0 Å². The van der Waals surface area contributed by atoms with Gasteiger partial charge in [-0.2, -0.15) is 0 Å². The summed E-state index contributed by atoms with van der Waals surface area (Å²) in [7, 11) is 0. The fraction of sp³-hybridized carbons (Fsp3) is 0.297. The van der Waals surface area contributed by atoms with Crippen LogP contribution in [0.4, 0.5) is 0 Å². The summed E-state index contributed by atoms with van der Waals surface area (Å²) in [5, 5.41) is 22.5. The Kier molecular flexibility index (Phi) is 13.2. The topological polar surface area (TPSA) is 192 Å². The van der Waals surface area contributed by atoms with Gasteiger partial charge in [0.2, 0.25) is 29.5 Å². The van der Waals surface area contributed by atoms with Crippen molar-refractivity contribution in [3.63, 3.8) is 0 Å². The summed E-state index contributed by atoms with van der Waals surface area (Å²) in [6.07, 6.45) is 3.37. The predicted molar refractivity (Wildman–Crippen MR) is 184 cm³/mol. The van der Waals surface area contributed by atoms with Crippen LogP contribution in [0.2, 0.25) is 0 Å². The van der Waals surface area contributed by atoms with Gasteiger partial charge in [0, 0.05) is 11.6 Å². The predicted octanol–water partition coefficient (Wildman–Crippen LogP) is 2.06. The smallest absolute Gasteiger partial charge is 0.334 e. The zero-order chi connectivity index (χ0) is 36.0. The zero-order valence-corrected chi connectivity index (χ0v) is 27.8. The quantitative estimate of drug-likeness (QED) is 0.168. The van der Waals surface area contributed by atoms with Gasteiger partial charge in [-0.15, -0.1) is 0 Å². The van der Waals surface area contributed by atoms with E-state index < -0.39 is 66.7 Å². The maximum Gasteiger partial charge on any atom is 0.334 e. The van der Waals surface area contributed by atoms with Crippen LogP contribution in [0.3, 0.4) is 0 Å². The highest BCUT2D eigenvalue weighted by Gasteiger charge is 2.30. The normalized spacial score (nSPS) is 20.5. The van der Waals surface area contributed by atoms with Crippen molar-refractivity contribution < 1.29 is 38.6 Å². The number of para-hydroxylation sites is 1. The molecule has 50 heavy (non-hydrogen) atoms. The highest BCUT2D eigenvalue weighted by Crippen LogP contribution is 2.22. The number of ether oxygens (including phenoxy) is 1. The minimum Gasteiger partial charge on any atom is -0.508 e. The summed E-state index contributed by atoms with van der Waals surface area (Å²) in [5.74, 6) is -3.86. The molecular weight excluding hydrogens is 642 g/mol. The van der Waals surface area contributed by atoms with Gasteiger partial charge in [-0.25, -0.2) is 4.79 Å². The van der Waals surface area contributed by atoms with E-state index in [2.05, 4.69) is 26.6 Å². The minimum atomic E-state index is -1.21. The van der Waals surface area contributed by atoms with E-state index in [-0.39, 0.29) is 30.3 Å². The molecule has 3 atom stereocenters. The largest absolute Gasteiger partial charge is 0.508 e. The number of phenols is 1. The van der Waals surface area contributed by atoms with Crippen LogP contribution in [0, 0.1) is 5.92 Å². The zero-order valence-electron chi connectivity index (χ0n) is 27.8. The Morgan fingerprint density at radius 3 is 2.12 bits per heavy atom. The lowest BCUT2D eigenvalue weighted by atomic mass is 10.0. The summed E-state index contributed by atoms with van der Waals surface area (Å²) >= 11 is 0. The molecular formula is C37H41N5O8. The number of benzene rings is 3. The molecule has 0 aromatic heterocycles. The van der Waals surface area contributed by atoms with E-state index in [9.17, 15) is 33.9 Å². The Morgan fingerprint density at radius 2 is 1.40 bits per heavy atom. The number of aryl methyl sites for hydroxylation is 1. The number of fused-ring (bicyclic) bond motifs is 1. The van der Waals surface area contributed by atoms with Gasteiger partial charge < -0.3 is 36.4 Å². The first-order chi connectivity index (χ1) is 24.0. The molecule has 4 rings (SSSR count). The maximum absolute atomic E-state index is 13.6. The number of rotatable bonds is 6. The Bertz CT molecular complexity index is 1710. The molecule has 0 aliphatic carbocycles. The number of amides is 5. The van der Waals surface area contributed by atoms with Gasteiger partial charge in [-0.05, 0) is 60.6 Å². The van der Waals surface area contributed by atoms with Crippen LogP contribution in [-0.4, -0.2) is 65.8 Å². The first-order valence-corrected chi connectivity index (χ1v) is 16.2. The fourth-order valence-electron chi connectivity index (χ4n) is 5.15. The molecule has 6 N–H and O–H groups in total. The van der Waals surface area contributed by atoms with E-state index in [0.29, 0.717) is 17.5 Å². The first-order valence-electron chi connectivity index (χ1n) is 16.2. The van der Waals surface area contributed by atoms with E-state index in [4.69, 9.17) is 4.74 Å². The molecule has 0 saturated heterocycles. The Balaban J connectivity index is 1.63. The van der Waals surface area contributed by atoms with Crippen molar-refractivity contribution in [3.05, 3.63) is 102 Å². The third-order valence-corrected chi connectivity index (χ3v) is 7.71. The SMILES string of the molecule is CC(C)CC1NC(=O)[C@H](c2ccccc2)NC(=O)CNC(=O)CNC(=O)C(CCc2ccc(O)cc2)NC(=O)/C=C\c2ccccc2OC1=O. The summed E-state index contributed by atoms with van der Waals surface area (Å²) in [5.41, 5.74) is 1.63. The molecule has 13 nitrogen and oxygen atoms in total. The number of nitrogens with one attached hydrogen (secondary N) is 5. The lowest BCUT2D eigenvalue weighted by Gasteiger charge is -2.24. The average Bonchev–Trinajstić information content (AvgIpc) is 3.10. The number of carbonyl (C=O) groups is 6. The fourth-order valence-corrected chi connectivity index (χ4v) is 5.15. The minimum absolute atomic E-state index is 0.0283. The van der Waals surface area contributed by atoms with Gasteiger partial charge in [0.25, 0.3) is 0 Å². The molecule has 3 aromatic rings. The van der Waals surface area contributed by atoms with E-state index in [0.717, 1.165) is 5.56 Å². The van der Waals surface area contributed by atoms with E-state index in [1.54, 1.807) is 66.7 Å². The number of esters is 1. The monoisotopic (exact) mass is 683 g/mol. The average molecular weight is 684 g/mol. The van der Waals surface area contributed by atoms with Crippen molar-refractivity contribution in [2.24, 2.45) is 5.92 Å². The summed E-state index contributed by atoms with van der Waals surface area (Å²) in [4.78, 5) is 79.0. The van der Waals surface area contributed by atoms with Crippen LogP contribution >= 0.6 is 0 Å². The molecule has 0 bridgehead atoms. The van der Waals surface area contributed by atoms with Crippen LogP contribution < -0.4 is 31.3 Å². The molecule has 1 aliphatic rings. The Labute approximate surface area is 289 Å². The summed E-state index contributed by atoms with van der Waals surface area (Å²) < 4.78 is 5.75. The second-order valence-corrected chi connectivity index (χ2v) is 12.2. The van der Waals surface area contributed by atoms with Crippen molar-refractivity contribution in [2.45, 2.75) is 51.2 Å². The Hall–Kier alpha value is -5.98. The van der Waals surface area contributed by atoms with Crippen LogP contribution in [0.5, 0.6) is 11.5 Å². The maximum atomic E-state index is 13.6. The third-order valence-electron chi connectivity index (χ3n) is 7.71. The molecule has 0 fully saturated rings. The molecule has 0 radical (unpaired) electrons. The van der Waals surface area contributed by atoms with Crippen molar-refractivity contribution in [3.8, 4) is 11.5 Å². The van der Waals surface area contributed by atoms with Gasteiger partial charge in [-0.3, -0.25) is 24.0 Å². The highest BCUT2D eigenvalue weighted by molar-refractivity contribution is 5.97. The third kappa shape index (κ3) is 11.3. The standard InChI is InChI=1S/C37H41N5O8/c1-23(2)20-29-37(49)50-30-11-7-6-8-25(30)15-19-31(44)40-28(18-14-24-12-16-27(43)17-13-24)35(47)39-21-32(45)38-22-33(46)42-34(36(48)41-29)26-9-4-3-5-10-26/h3-13,15-17,19,23,28-29,34,43H,14,18,20-22H2,1-2H3,(H,38,45)(H,39,47)(H,40,44)(H,41,48)(H,42,46)/b19-15-/t28?,29?,34-/m0/s1. The van der Waals surface area contributed by atoms with Crippen LogP contribution in [0.1, 0.15) is 49.4 Å². The van der Waals surface area contributed by atoms with E-state index in [1.165, 1.54) is 24.3 Å². The molecule has 1 heterocycles. The lowest BCUT2D eigenvalue weighted by Crippen LogP contribution is -2.51. The highest BCUT2D eigenvalue weighted by atomic mass is 16.5. The second kappa shape index (κ2) is 18.0. The van der Waals surface area contributed by atoms with Gasteiger partial charge in [0.15, 0.2) is 0 Å².